The summed E-state index contributed by atoms with van der Waals surface area (Å²) in [4.78, 5) is 8.88. The Morgan fingerprint density at radius 3 is 2.74 bits per heavy atom. The highest BCUT2D eigenvalue weighted by Gasteiger charge is 2.09. The molecule has 19 heavy (non-hydrogen) atoms. The van der Waals surface area contributed by atoms with Crippen molar-refractivity contribution in [2.24, 2.45) is 0 Å². The van der Waals surface area contributed by atoms with Crippen molar-refractivity contribution in [1.82, 2.24) is 20.2 Å². The summed E-state index contributed by atoms with van der Waals surface area (Å²) in [5.41, 5.74) is 0. The minimum absolute atomic E-state index is 0.500. The maximum absolute atomic E-state index is 5.34. The molecule has 0 atom stereocenters. The second kappa shape index (κ2) is 6.51. The molecule has 0 saturated heterocycles. The van der Waals surface area contributed by atoms with E-state index in [1.54, 1.807) is 6.92 Å². The van der Waals surface area contributed by atoms with Crippen molar-refractivity contribution >= 4 is 17.6 Å². The number of nitrogens with zero attached hydrogens (tertiary/aromatic N) is 4. The normalized spacial score (nSPS) is 10.7. The topological polar surface area (TPSA) is 76.7 Å². The van der Waals surface area contributed by atoms with Gasteiger partial charge in [0.1, 0.15) is 16.7 Å². The first kappa shape index (κ1) is 13.8. The number of rotatable bonds is 6. The van der Waals surface area contributed by atoms with Crippen molar-refractivity contribution in [2.45, 2.75) is 43.9 Å². The summed E-state index contributed by atoms with van der Waals surface area (Å²) in [5.74, 6) is 2.20. The predicted octanol–water partition coefficient (Wildman–Crippen LogP) is 2.70. The molecule has 102 valence electrons. The first-order valence-corrected chi connectivity index (χ1v) is 7.12. The van der Waals surface area contributed by atoms with Crippen molar-refractivity contribution in [1.29, 1.82) is 0 Å². The Hall–Kier alpha value is -1.63. The van der Waals surface area contributed by atoms with Gasteiger partial charge in [0.05, 0.1) is 0 Å². The van der Waals surface area contributed by atoms with Gasteiger partial charge in [-0.1, -0.05) is 13.8 Å². The van der Waals surface area contributed by atoms with Crippen LogP contribution in [0, 0.1) is 6.92 Å². The zero-order valence-corrected chi connectivity index (χ0v) is 12.1. The highest BCUT2D eigenvalue weighted by molar-refractivity contribution is 7.99. The minimum atomic E-state index is 0.500. The third-order valence-corrected chi connectivity index (χ3v) is 3.08. The molecule has 0 fully saturated rings. The Morgan fingerprint density at radius 2 is 2.11 bits per heavy atom. The Morgan fingerprint density at radius 1 is 1.26 bits per heavy atom. The van der Waals surface area contributed by atoms with Gasteiger partial charge in [0.15, 0.2) is 0 Å². The lowest BCUT2D eigenvalue weighted by Gasteiger charge is -2.07. The quantitative estimate of drug-likeness (QED) is 0.814. The average molecular weight is 279 g/mol. The van der Waals surface area contributed by atoms with Crippen LogP contribution in [0.1, 0.15) is 32.0 Å². The lowest BCUT2D eigenvalue weighted by Crippen LogP contribution is -2.05. The molecular formula is C12H17N5OS. The van der Waals surface area contributed by atoms with Gasteiger partial charge in [-0.15, -0.1) is 10.2 Å². The number of anilines is 1. The lowest BCUT2D eigenvalue weighted by molar-refractivity contribution is 0.429. The van der Waals surface area contributed by atoms with Gasteiger partial charge in [-0.05, 0) is 18.2 Å². The van der Waals surface area contributed by atoms with Crippen LogP contribution in [-0.4, -0.2) is 26.7 Å². The summed E-state index contributed by atoms with van der Waals surface area (Å²) in [6.45, 7) is 6.81. The zero-order chi connectivity index (χ0) is 13.7. The molecular weight excluding hydrogens is 262 g/mol. The summed E-state index contributed by atoms with van der Waals surface area (Å²) in [7, 11) is 0. The van der Waals surface area contributed by atoms with E-state index >= 15 is 0 Å². The summed E-state index contributed by atoms with van der Waals surface area (Å²) in [6, 6.07) is 1.90. The number of hydrogen-bond donors (Lipinski definition) is 1. The molecule has 2 rings (SSSR count). The van der Waals surface area contributed by atoms with Crippen LogP contribution in [0.3, 0.4) is 0 Å². The van der Waals surface area contributed by atoms with Gasteiger partial charge in [0.25, 0.3) is 5.22 Å². The molecule has 2 heterocycles. The van der Waals surface area contributed by atoms with Gasteiger partial charge < -0.3 is 9.73 Å². The SMILES string of the molecule is CCCNc1cc(Sc2nnc(C)o2)nc(CC)n1. The van der Waals surface area contributed by atoms with E-state index in [0.29, 0.717) is 11.1 Å². The molecule has 2 aromatic rings. The summed E-state index contributed by atoms with van der Waals surface area (Å²) in [6.07, 6.45) is 1.84. The number of nitrogens with one attached hydrogen (secondary N) is 1. The van der Waals surface area contributed by atoms with Crippen LogP contribution in [0.4, 0.5) is 5.82 Å². The fraction of sp³-hybridized carbons (Fsp3) is 0.500. The molecule has 2 aromatic heterocycles. The van der Waals surface area contributed by atoms with Crippen molar-refractivity contribution in [3.8, 4) is 0 Å². The van der Waals surface area contributed by atoms with Crippen molar-refractivity contribution in [2.75, 3.05) is 11.9 Å². The maximum Gasteiger partial charge on any atom is 0.282 e. The molecule has 0 aromatic carbocycles. The average Bonchev–Trinajstić information content (AvgIpc) is 2.81. The van der Waals surface area contributed by atoms with Crippen molar-refractivity contribution in [3.05, 3.63) is 17.8 Å². The first-order chi connectivity index (χ1) is 9.21. The summed E-state index contributed by atoms with van der Waals surface area (Å²) < 4.78 is 5.34. The van der Waals surface area contributed by atoms with E-state index in [-0.39, 0.29) is 0 Å². The van der Waals surface area contributed by atoms with Crippen LogP contribution in [0.15, 0.2) is 20.7 Å². The summed E-state index contributed by atoms with van der Waals surface area (Å²) in [5, 5.41) is 12.3. The highest BCUT2D eigenvalue weighted by Crippen LogP contribution is 2.26. The Bertz CT molecular complexity index is 543. The highest BCUT2D eigenvalue weighted by atomic mass is 32.2. The van der Waals surface area contributed by atoms with Gasteiger partial charge in [0.2, 0.25) is 5.89 Å². The largest absolute Gasteiger partial charge is 0.416 e. The van der Waals surface area contributed by atoms with E-state index in [2.05, 4.69) is 32.4 Å². The monoisotopic (exact) mass is 279 g/mol. The first-order valence-electron chi connectivity index (χ1n) is 6.31. The fourth-order valence-electron chi connectivity index (χ4n) is 1.44. The van der Waals surface area contributed by atoms with E-state index in [0.717, 1.165) is 36.1 Å². The molecule has 0 aliphatic rings. The molecule has 6 nitrogen and oxygen atoms in total. The number of hydrogen-bond acceptors (Lipinski definition) is 7. The lowest BCUT2D eigenvalue weighted by atomic mass is 10.4. The predicted molar refractivity (Wildman–Crippen MR) is 73.3 cm³/mol. The standard InChI is InChI=1S/C12H17N5OS/c1-4-6-13-10-7-11(15-9(5-2)14-10)19-12-17-16-8(3)18-12/h7H,4-6H2,1-3H3,(H,13,14,15). The van der Waals surface area contributed by atoms with Crippen LogP contribution in [-0.2, 0) is 6.42 Å². The summed E-state index contributed by atoms with van der Waals surface area (Å²) >= 11 is 1.35. The molecule has 0 amide bonds. The molecule has 0 radical (unpaired) electrons. The van der Waals surface area contributed by atoms with E-state index in [9.17, 15) is 0 Å². The Labute approximate surface area is 116 Å². The fourth-order valence-corrected chi connectivity index (χ4v) is 2.18. The second-order valence-electron chi connectivity index (χ2n) is 3.98. The third-order valence-electron chi connectivity index (χ3n) is 2.32. The second-order valence-corrected chi connectivity index (χ2v) is 4.95. The van der Waals surface area contributed by atoms with Gasteiger partial charge in [-0.2, -0.15) is 0 Å². The number of aryl methyl sites for hydroxylation is 2. The molecule has 7 heteroatoms. The molecule has 0 bridgehead atoms. The Balaban J connectivity index is 2.18. The third kappa shape index (κ3) is 3.92. The van der Waals surface area contributed by atoms with Gasteiger partial charge in [0, 0.05) is 26.0 Å². The maximum atomic E-state index is 5.34. The zero-order valence-electron chi connectivity index (χ0n) is 11.3. The smallest absolute Gasteiger partial charge is 0.282 e. The molecule has 1 N–H and O–H groups in total. The van der Waals surface area contributed by atoms with E-state index in [4.69, 9.17) is 4.42 Å². The van der Waals surface area contributed by atoms with Crippen molar-refractivity contribution < 1.29 is 4.42 Å². The van der Waals surface area contributed by atoms with Gasteiger partial charge in [-0.25, -0.2) is 9.97 Å². The van der Waals surface area contributed by atoms with Crippen LogP contribution in [0.2, 0.25) is 0 Å². The van der Waals surface area contributed by atoms with Crippen LogP contribution in [0.5, 0.6) is 0 Å². The Kier molecular flexibility index (Phi) is 4.73. The van der Waals surface area contributed by atoms with Crippen LogP contribution >= 0.6 is 11.8 Å². The van der Waals surface area contributed by atoms with E-state index in [1.807, 2.05) is 13.0 Å². The van der Waals surface area contributed by atoms with E-state index in [1.165, 1.54) is 11.8 Å². The molecule has 0 saturated carbocycles. The minimum Gasteiger partial charge on any atom is -0.416 e. The van der Waals surface area contributed by atoms with Crippen LogP contribution < -0.4 is 5.32 Å². The molecule has 0 unspecified atom stereocenters. The van der Waals surface area contributed by atoms with Gasteiger partial charge >= 0.3 is 0 Å². The van der Waals surface area contributed by atoms with Crippen LogP contribution in [0.25, 0.3) is 0 Å². The van der Waals surface area contributed by atoms with Gasteiger partial charge in [-0.3, -0.25) is 0 Å². The molecule has 0 aliphatic carbocycles. The van der Waals surface area contributed by atoms with E-state index < -0.39 is 0 Å². The number of aromatic nitrogens is 4. The molecule has 0 aliphatic heterocycles. The van der Waals surface area contributed by atoms with Crippen molar-refractivity contribution in [3.63, 3.8) is 0 Å². The molecule has 0 spiro atoms.